The molecule has 150 valence electrons. The van der Waals surface area contributed by atoms with Gasteiger partial charge in [-0.25, -0.2) is 4.79 Å². The van der Waals surface area contributed by atoms with Gasteiger partial charge in [-0.2, -0.15) is 31.4 Å². The normalized spacial score (nSPS) is 19.2. The molecule has 2 aliphatic rings. The van der Waals surface area contributed by atoms with E-state index in [2.05, 4.69) is 20.2 Å². The van der Waals surface area contributed by atoms with Crippen LogP contribution in [0.5, 0.6) is 0 Å². The summed E-state index contributed by atoms with van der Waals surface area (Å²) in [5.74, 6) is -0.970. The summed E-state index contributed by atoms with van der Waals surface area (Å²) in [4.78, 5) is 20.4. The zero-order chi connectivity index (χ0) is 21.0. The molecule has 6 nitrogen and oxygen atoms in total. The molecule has 2 aromatic heterocycles. The van der Waals surface area contributed by atoms with Gasteiger partial charge in [0.05, 0.1) is 23.1 Å². The summed E-state index contributed by atoms with van der Waals surface area (Å²) in [7, 11) is 0. The zero-order valence-corrected chi connectivity index (χ0v) is 14.2. The fourth-order valence-electron chi connectivity index (χ4n) is 3.23. The number of aromatic nitrogens is 3. The molecular formula is C17H10F6N5O+. The van der Waals surface area contributed by atoms with Crippen molar-refractivity contribution >= 4 is 23.4 Å². The van der Waals surface area contributed by atoms with Crippen LogP contribution in [0, 0.1) is 0 Å². The van der Waals surface area contributed by atoms with Crippen molar-refractivity contribution in [3.05, 3.63) is 53.1 Å². The van der Waals surface area contributed by atoms with Crippen LogP contribution in [0.2, 0.25) is 0 Å². The first-order valence-corrected chi connectivity index (χ1v) is 8.12. The molecule has 4 heterocycles. The van der Waals surface area contributed by atoms with Gasteiger partial charge in [-0.3, -0.25) is 15.1 Å². The zero-order valence-electron chi connectivity index (χ0n) is 14.2. The van der Waals surface area contributed by atoms with E-state index in [1.54, 1.807) is 0 Å². The van der Waals surface area contributed by atoms with E-state index < -0.39 is 42.1 Å². The van der Waals surface area contributed by atoms with E-state index in [9.17, 15) is 31.1 Å². The molecule has 1 atom stereocenters. The minimum absolute atomic E-state index is 0.0779. The van der Waals surface area contributed by atoms with Crippen LogP contribution in [0.15, 0.2) is 35.6 Å². The number of amides is 1. The van der Waals surface area contributed by atoms with Gasteiger partial charge in [-0.05, 0) is 12.1 Å². The number of aliphatic imine (C=N–C) groups is 1. The Morgan fingerprint density at radius 2 is 1.93 bits per heavy atom. The highest BCUT2D eigenvalue weighted by atomic mass is 19.4. The summed E-state index contributed by atoms with van der Waals surface area (Å²) in [6.45, 7) is -1.62. The Morgan fingerprint density at radius 1 is 1.17 bits per heavy atom. The van der Waals surface area contributed by atoms with Crippen molar-refractivity contribution in [3.8, 4) is 0 Å². The average molecular weight is 414 g/mol. The molecule has 4 rings (SSSR count). The maximum absolute atomic E-state index is 13.3. The molecule has 0 spiro atoms. The number of rotatable bonds is 2. The number of carbonyl (C=O) groups excluding carboxylic acids is 1. The van der Waals surface area contributed by atoms with E-state index in [1.807, 2.05) is 0 Å². The minimum atomic E-state index is -4.73. The van der Waals surface area contributed by atoms with Gasteiger partial charge < -0.3 is 0 Å². The third kappa shape index (κ3) is 3.34. The molecule has 0 saturated heterocycles. The van der Waals surface area contributed by atoms with E-state index in [1.165, 1.54) is 0 Å². The van der Waals surface area contributed by atoms with Gasteiger partial charge in [0.1, 0.15) is 5.56 Å². The lowest BCUT2D eigenvalue weighted by atomic mass is 9.94. The number of pyridine rings is 1. The van der Waals surface area contributed by atoms with Crippen molar-refractivity contribution in [1.82, 2.24) is 15.2 Å². The highest BCUT2D eigenvalue weighted by Gasteiger charge is 2.47. The van der Waals surface area contributed by atoms with Crippen LogP contribution in [-0.2, 0) is 6.18 Å². The number of nitrogens with zero attached hydrogens (tertiary/aromatic N) is 4. The first-order chi connectivity index (χ1) is 13.6. The van der Waals surface area contributed by atoms with Crippen molar-refractivity contribution in [2.24, 2.45) is 4.99 Å². The van der Waals surface area contributed by atoms with Crippen molar-refractivity contribution < 1.29 is 35.7 Å². The molecule has 1 amide bonds. The number of dihydropyridines is 1. The number of fused-ring (bicyclic) bond motifs is 3. The van der Waals surface area contributed by atoms with E-state index in [-0.39, 0.29) is 22.5 Å². The number of aromatic amines is 1. The summed E-state index contributed by atoms with van der Waals surface area (Å²) in [6, 6.07) is 0.870. The second-order valence-electron chi connectivity index (χ2n) is 6.31. The van der Waals surface area contributed by atoms with E-state index in [0.717, 1.165) is 36.8 Å². The van der Waals surface area contributed by atoms with Crippen molar-refractivity contribution in [2.75, 3.05) is 6.54 Å². The summed E-state index contributed by atoms with van der Waals surface area (Å²) in [6.07, 6.45) is -5.08. The van der Waals surface area contributed by atoms with E-state index in [0.29, 0.717) is 4.58 Å². The number of alkyl halides is 6. The lowest BCUT2D eigenvalue weighted by molar-refractivity contribution is -0.474. The second-order valence-corrected chi connectivity index (χ2v) is 6.31. The predicted molar refractivity (Wildman–Crippen MR) is 87.6 cm³/mol. The molecule has 0 bridgehead atoms. The summed E-state index contributed by atoms with van der Waals surface area (Å²) >= 11 is 0. The molecule has 12 heteroatoms. The molecule has 0 fully saturated rings. The van der Waals surface area contributed by atoms with Gasteiger partial charge in [-0.1, -0.05) is 0 Å². The molecule has 1 N–H and O–H groups in total. The molecule has 2 aliphatic heterocycles. The third-order valence-electron chi connectivity index (χ3n) is 4.40. The number of H-pyrrole nitrogens is 1. The number of allylic oxidation sites excluding steroid dienone is 1. The van der Waals surface area contributed by atoms with Gasteiger partial charge >= 0.3 is 18.3 Å². The van der Waals surface area contributed by atoms with Gasteiger partial charge in [0, 0.05) is 24.1 Å². The summed E-state index contributed by atoms with van der Waals surface area (Å²) in [5.41, 5.74) is -1.83. The Bertz CT molecular complexity index is 1090. The predicted octanol–water partition coefficient (Wildman–Crippen LogP) is 3.20. The Hall–Kier alpha value is -3.31. The minimum Gasteiger partial charge on any atom is -0.279 e. The molecule has 29 heavy (non-hydrogen) atoms. The Labute approximate surface area is 158 Å². The summed E-state index contributed by atoms with van der Waals surface area (Å²) < 4.78 is 79.6. The lowest BCUT2D eigenvalue weighted by Gasteiger charge is -2.22. The molecule has 0 radical (unpaired) electrons. The quantitative estimate of drug-likeness (QED) is 0.606. The van der Waals surface area contributed by atoms with Gasteiger partial charge in [0.15, 0.2) is 6.04 Å². The first kappa shape index (κ1) is 19.0. The monoisotopic (exact) mass is 414 g/mol. The maximum atomic E-state index is 13.3. The SMILES string of the molecule is O=C1c2cn[nH]c2C2N=CC(c3ncccc3C(F)(F)F)=CC2=[N+]1CC(F)(F)F. The van der Waals surface area contributed by atoms with Crippen LogP contribution in [0.4, 0.5) is 26.3 Å². The fraction of sp³-hybridized carbons (Fsp3) is 0.235. The fourth-order valence-corrected chi connectivity index (χ4v) is 3.23. The lowest BCUT2D eigenvalue weighted by Crippen LogP contribution is -2.41. The highest BCUT2D eigenvalue weighted by molar-refractivity contribution is 6.22. The standard InChI is InChI=1S/C17H9F6N5O/c18-16(19,20)7-28-11-4-8(12-10(17(21,22)23)2-1-3-24-12)5-25-14(11)13-9(15(28)29)6-26-27-13/h1-6,14H,7H2/p+1. The maximum Gasteiger partial charge on any atom is 0.448 e. The topological polar surface area (TPSA) is 74.0 Å². The Morgan fingerprint density at radius 3 is 2.62 bits per heavy atom. The van der Waals surface area contributed by atoms with Crippen LogP contribution in [0.3, 0.4) is 0 Å². The van der Waals surface area contributed by atoms with Crippen LogP contribution >= 0.6 is 0 Å². The molecule has 2 aromatic rings. The molecule has 0 aromatic carbocycles. The highest BCUT2D eigenvalue weighted by Crippen LogP contribution is 2.36. The molecule has 1 unspecified atom stereocenters. The van der Waals surface area contributed by atoms with Crippen LogP contribution in [0.25, 0.3) is 5.57 Å². The van der Waals surface area contributed by atoms with Crippen molar-refractivity contribution in [2.45, 2.75) is 18.4 Å². The Balaban J connectivity index is 1.90. The number of hydrogen-bond donors (Lipinski definition) is 1. The number of carbonyl (C=O) groups is 1. The largest absolute Gasteiger partial charge is 0.448 e. The smallest absolute Gasteiger partial charge is 0.279 e. The van der Waals surface area contributed by atoms with Gasteiger partial charge in [0.25, 0.3) is 0 Å². The average Bonchev–Trinajstić information content (AvgIpc) is 3.13. The number of halogens is 6. The summed E-state index contributed by atoms with van der Waals surface area (Å²) in [5, 5.41) is 6.20. The van der Waals surface area contributed by atoms with Crippen molar-refractivity contribution in [1.29, 1.82) is 0 Å². The first-order valence-electron chi connectivity index (χ1n) is 8.12. The third-order valence-corrected chi connectivity index (χ3v) is 4.40. The van der Waals surface area contributed by atoms with Crippen LogP contribution in [-0.4, -0.2) is 50.3 Å². The van der Waals surface area contributed by atoms with E-state index in [4.69, 9.17) is 0 Å². The van der Waals surface area contributed by atoms with Crippen LogP contribution in [0.1, 0.15) is 33.4 Å². The molecule has 0 saturated carbocycles. The van der Waals surface area contributed by atoms with Crippen LogP contribution < -0.4 is 0 Å². The second kappa shape index (κ2) is 6.36. The van der Waals surface area contributed by atoms with Crippen molar-refractivity contribution in [3.63, 3.8) is 0 Å². The Kier molecular flexibility index (Phi) is 4.17. The number of hydrogen-bond acceptors (Lipinski definition) is 4. The molecule has 0 aliphatic carbocycles. The van der Waals surface area contributed by atoms with Gasteiger partial charge in [0.2, 0.25) is 12.3 Å². The van der Waals surface area contributed by atoms with Gasteiger partial charge in [-0.15, -0.1) is 4.58 Å². The number of nitrogens with one attached hydrogen (secondary N) is 1. The van der Waals surface area contributed by atoms with E-state index >= 15 is 0 Å². The molecular weight excluding hydrogens is 404 g/mol.